The average molecular weight is 645 g/mol. The second-order valence-corrected chi connectivity index (χ2v) is 15.6. The predicted octanol–water partition coefficient (Wildman–Crippen LogP) is 6.45. The zero-order valence-corrected chi connectivity index (χ0v) is 27.5. The lowest BCUT2D eigenvalue weighted by atomic mass is 9.76. The summed E-state index contributed by atoms with van der Waals surface area (Å²) in [6.07, 6.45) is 10.2. The Balaban J connectivity index is 0.833. The van der Waals surface area contributed by atoms with Gasteiger partial charge in [0.2, 0.25) is 0 Å². The molecule has 8 unspecified atom stereocenters. The molecule has 4 bridgehead atoms. The summed E-state index contributed by atoms with van der Waals surface area (Å²) in [5.74, 6) is 5.37. The molecule has 0 radical (unpaired) electrons. The summed E-state index contributed by atoms with van der Waals surface area (Å²) in [5, 5.41) is 0. The molecule has 6 aliphatic rings. The Morgan fingerprint density at radius 2 is 1.06 bits per heavy atom. The van der Waals surface area contributed by atoms with Gasteiger partial charge in [0.15, 0.2) is 0 Å². The van der Waals surface area contributed by atoms with E-state index in [0.717, 1.165) is 38.5 Å². The summed E-state index contributed by atoms with van der Waals surface area (Å²) in [4.78, 5) is 49.1. The summed E-state index contributed by atoms with van der Waals surface area (Å²) in [6.45, 7) is 10.6. The van der Waals surface area contributed by atoms with Crippen molar-refractivity contribution in [2.45, 2.75) is 58.3 Å². The van der Waals surface area contributed by atoms with E-state index in [9.17, 15) is 19.2 Å². The van der Waals surface area contributed by atoms with Crippen molar-refractivity contribution in [2.24, 2.45) is 71.0 Å². The van der Waals surface area contributed by atoms with E-state index in [2.05, 4.69) is 13.2 Å². The second kappa shape index (κ2) is 13.2. The molecule has 1 aromatic rings. The fourth-order valence-electron chi connectivity index (χ4n) is 11.2. The monoisotopic (exact) mass is 644 g/mol. The molecule has 0 spiro atoms. The van der Waals surface area contributed by atoms with Gasteiger partial charge in [0.1, 0.15) is 0 Å². The molecule has 8 heteroatoms. The third-order valence-corrected chi connectivity index (χ3v) is 13.0. The number of esters is 4. The van der Waals surface area contributed by atoms with Crippen LogP contribution in [0.2, 0.25) is 0 Å². The Morgan fingerprint density at radius 1 is 0.617 bits per heavy atom. The van der Waals surface area contributed by atoms with Gasteiger partial charge in [0.05, 0.1) is 37.6 Å². The summed E-state index contributed by atoms with van der Waals surface area (Å²) in [5.41, 5.74) is 1.32. The minimum absolute atomic E-state index is 0.301. The van der Waals surface area contributed by atoms with Gasteiger partial charge in [0, 0.05) is 11.6 Å². The number of carbonyl (C=O) groups excluding carboxylic acids is 4. The van der Waals surface area contributed by atoms with E-state index < -0.39 is 0 Å². The number of rotatable bonds is 12. The standard InChI is InChI=1S/C39H48O8/c1-4-36(40)44-17-22-9-30-27-14-29(33(16-27)34(30)11-22)20-47-39(43)25-7-5-24(6-8-25)38(42)45-18-23-10-31-26-13-28(19-46-37(41)21(2)3)32(15-26)35(31)12-23/h4-8,22-23,26-35H,1-2,9-20H2,3H3/t22?,23?,26?,27?,28?,29?,30-,31-,32?,33?,34-,35-/m0/s1. The Labute approximate surface area is 277 Å². The molecule has 6 saturated carbocycles. The lowest BCUT2D eigenvalue weighted by Crippen LogP contribution is -2.28. The summed E-state index contributed by atoms with van der Waals surface area (Å²) >= 11 is 0. The van der Waals surface area contributed by atoms with Crippen molar-refractivity contribution in [3.63, 3.8) is 0 Å². The highest BCUT2D eigenvalue weighted by Gasteiger charge is 2.57. The van der Waals surface area contributed by atoms with Gasteiger partial charge in [0.25, 0.3) is 0 Å². The molecule has 0 aliphatic heterocycles. The topological polar surface area (TPSA) is 105 Å². The molecular formula is C39H48O8. The maximum atomic E-state index is 12.9. The van der Waals surface area contributed by atoms with Crippen LogP contribution in [0, 0.1) is 71.0 Å². The van der Waals surface area contributed by atoms with E-state index in [1.54, 1.807) is 31.2 Å². The van der Waals surface area contributed by atoms with Crippen molar-refractivity contribution in [3.05, 3.63) is 60.2 Å². The second-order valence-electron chi connectivity index (χ2n) is 15.6. The minimum atomic E-state index is -0.361. The normalized spacial score (nSPS) is 37.2. The Morgan fingerprint density at radius 3 is 1.55 bits per heavy atom. The lowest BCUT2D eigenvalue weighted by Gasteiger charge is -2.31. The van der Waals surface area contributed by atoms with Gasteiger partial charge in [-0.25, -0.2) is 19.2 Å². The van der Waals surface area contributed by atoms with Gasteiger partial charge in [-0.05, 0) is 154 Å². The van der Waals surface area contributed by atoms with Crippen LogP contribution in [0.15, 0.2) is 49.1 Å². The first-order valence-corrected chi connectivity index (χ1v) is 17.7. The predicted molar refractivity (Wildman–Crippen MR) is 173 cm³/mol. The Kier molecular flexibility index (Phi) is 9.05. The van der Waals surface area contributed by atoms with Gasteiger partial charge in [-0.1, -0.05) is 13.2 Å². The van der Waals surface area contributed by atoms with Crippen LogP contribution in [0.4, 0.5) is 0 Å². The SMILES string of the molecule is C=CC(=O)OCC1C[C@@H]2C3CC(CC3COC(=O)c3ccc(C(=O)OCC4C[C@@H]5C6CC(CC6COC(=O)C(=C)C)[C@@H]5C4)cc3)[C@@H]2C1. The number of hydrogen-bond donors (Lipinski definition) is 0. The maximum Gasteiger partial charge on any atom is 0.338 e. The van der Waals surface area contributed by atoms with Crippen LogP contribution in [-0.4, -0.2) is 50.3 Å². The van der Waals surface area contributed by atoms with E-state index >= 15 is 0 Å². The molecule has 12 atom stereocenters. The molecule has 0 amide bonds. The zero-order chi connectivity index (χ0) is 32.8. The number of fused-ring (bicyclic) bond motifs is 10. The van der Waals surface area contributed by atoms with Crippen molar-refractivity contribution in [2.75, 3.05) is 26.4 Å². The van der Waals surface area contributed by atoms with Gasteiger partial charge in [-0.2, -0.15) is 0 Å². The highest BCUT2D eigenvalue weighted by Crippen LogP contribution is 2.63. The average Bonchev–Trinajstić information content (AvgIpc) is 3.91. The minimum Gasteiger partial charge on any atom is -0.462 e. The van der Waals surface area contributed by atoms with Crippen LogP contribution in [0.25, 0.3) is 0 Å². The van der Waals surface area contributed by atoms with Crippen LogP contribution < -0.4 is 0 Å². The fourth-order valence-corrected chi connectivity index (χ4v) is 11.2. The van der Waals surface area contributed by atoms with Crippen LogP contribution in [0.3, 0.4) is 0 Å². The third kappa shape index (κ3) is 6.41. The van der Waals surface area contributed by atoms with Gasteiger partial charge in [-0.3, -0.25) is 0 Å². The molecule has 7 rings (SSSR count). The van der Waals surface area contributed by atoms with Crippen LogP contribution >= 0.6 is 0 Å². The Bertz CT molecular complexity index is 1410. The zero-order valence-electron chi connectivity index (χ0n) is 27.5. The smallest absolute Gasteiger partial charge is 0.338 e. The number of hydrogen-bond acceptors (Lipinski definition) is 8. The van der Waals surface area contributed by atoms with E-state index in [0.29, 0.717) is 114 Å². The van der Waals surface area contributed by atoms with Crippen molar-refractivity contribution in [3.8, 4) is 0 Å². The van der Waals surface area contributed by atoms with Crippen LogP contribution in [0.5, 0.6) is 0 Å². The molecule has 0 N–H and O–H groups in total. The Hall–Kier alpha value is -3.42. The van der Waals surface area contributed by atoms with E-state index in [1.807, 2.05) is 0 Å². The van der Waals surface area contributed by atoms with Crippen molar-refractivity contribution in [1.29, 1.82) is 0 Å². The number of benzene rings is 1. The number of ether oxygens (including phenoxy) is 4. The third-order valence-electron chi connectivity index (χ3n) is 13.0. The van der Waals surface area contributed by atoms with Crippen molar-refractivity contribution in [1.82, 2.24) is 0 Å². The van der Waals surface area contributed by atoms with Gasteiger partial charge in [-0.15, -0.1) is 0 Å². The summed E-state index contributed by atoms with van der Waals surface area (Å²) in [7, 11) is 0. The van der Waals surface area contributed by atoms with Gasteiger partial charge >= 0.3 is 23.9 Å². The molecule has 47 heavy (non-hydrogen) atoms. The van der Waals surface area contributed by atoms with Crippen molar-refractivity contribution < 1.29 is 38.1 Å². The summed E-state index contributed by atoms with van der Waals surface area (Å²) in [6, 6.07) is 6.61. The highest BCUT2D eigenvalue weighted by atomic mass is 16.5. The molecule has 8 nitrogen and oxygen atoms in total. The van der Waals surface area contributed by atoms with Crippen LogP contribution in [-0.2, 0) is 28.5 Å². The van der Waals surface area contributed by atoms with Crippen molar-refractivity contribution >= 4 is 23.9 Å². The molecule has 6 aliphatic carbocycles. The first kappa shape index (κ1) is 32.1. The van der Waals surface area contributed by atoms with E-state index in [1.165, 1.54) is 18.9 Å². The molecule has 0 heterocycles. The van der Waals surface area contributed by atoms with E-state index in [4.69, 9.17) is 18.9 Å². The first-order valence-electron chi connectivity index (χ1n) is 17.7. The number of carbonyl (C=O) groups is 4. The van der Waals surface area contributed by atoms with E-state index in [-0.39, 0.29) is 23.9 Å². The largest absolute Gasteiger partial charge is 0.462 e. The fraction of sp³-hybridized carbons (Fsp3) is 0.641. The lowest BCUT2D eigenvalue weighted by molar-refractivity contribution is -0.141. The maximum absolute atomic E-state index is 12.9. The molecule has 6 fully saturated rings. The van der Waals surface area contributed by atoms with Gasteiger partial charge < -0.3 is 18.9 Å². The highest BCUT2D eigenvalue weighted by molar-refractivity contribution is 5.93. The first-order chi connectivity index (χ1) is 22.7. The molecule has 252 valence electrons. The quantitative estimate of drug-likeness (QED) is 0.145. The molecular weight excluding hydrogens is 596 g/mol. The molecule has 0 aromatic heterocycles. The van der Waals surface area contributed by atoms with Crippen LogP contribution in [0.1, 0.15) is 79.0 Å². The molecule has 1 aromatic carbocycles. The molecule has 0 saturated heterocycles. The summed E-state index contributed by atoms with van der Waals surface area (Å²) < 4.78 is 22.4.